The fraction of sp³-hybridized carbons (Fsp3) is 0.222. The first-order valence-electron chi connectivity index (χ1n) is 8.84. The highest BCUT2D eigenvalue weighted by Gasteiger charge is 2.34. The zero-order valence-corrected chi connectivity index (χ0v) is 15.1. The van der Waals surface area contributed by atoms with E-state index in [0.717, 1.165) is 11.4 Å². The molecule has 0 unspecified atom stereocenters. The van der Waals surface area contributed by atoms with E-state index in [2.05, 4.69) is 30.3 Å². The molecule has 5 rings (SSSR count). The van der Waals surface area contributed by atoms with Gasteiger partial charge in [-0.3, -0.25) is 14.9 Å². The van der Waals surface area contributed by atoms with Crippen molar-refractivity contribution in [2.24, 2.45) is 0 Å². The Balaban J connectivity index is 1.35. The van der Waals surface area contributed by atoms with Crippen LogP contribution in [0.4, 0.5) is 5.82 Å². The van der Waals surface area contributed by atoms with Crippen molar-refractivity contribution in [3.05, 3.63) is 54.6 Å². The number of H-pyrrole nitrogens is 1. The number of nitrogens with zero attached hydrogens (tertiary/aromatic N) is 8. The van der Waals surface area contributed by atoms with Crippen LogP contribution in [0.5, 0.6) is 0 Å². The third-order valence-electron chi connectivity index (χ3n) is 4.97. The molecule has 0 bridgehead atoms. The summed E-state index contributed by atoms with van der Waals surface area (Å²) in [5.74, 6) is 1.42. The summed E-state index contributed by atoms with van der Waals surface area (Å²) in [5, 5.41) is 19.6. The summed E-state index contributed by atoms with van der Waals surface area (Å²) in [6.07, 6.45) is 6.60. The molecule has 10 heteroatoms. The second-order valence-corrected chi connectivity index (χ2v) is 6.69. The second-order valence-electron chi connectivity index (χ2n) is 6.69. The van der Waals surface area contributed by atoms with Crippen molar-refractivity contribution in [1.82, 2.24) is 39.9 Å². The summed E-state index contributed by atoms with van der Waals surface area (Å²) in [4.78, 5) is 20.4. The lowest BCUT2D eigenvalue weighted by molar-refractivity contribution is 0.0705. The minimum atomic E-state index is -0.0421. The molecule has 0 spiro atoms. The van der Waals surface area contributed by atoms with E-state index in [9.17, 15) is 4.79 Å². The van der Waals surface area contributed by atoms with E-state index in [-0.39, 0.29) is 11.9 Å². The Labute approximate surface area is 159 Å². The molecule has 1 amide bonds. The maximum atomic E-state index is 12.4. The summed E-state index contributed by atoms with van der Waals surface area (Å²) < 4.78 is 1.72. The van der Waals surface area contributed by atoms with Crippen LogP contribution < -0.4 is 4.90 Å². The van der Waals surface area contributed by atoms with E-state index in [1.165, 1.54) is 6.20 Å². The average Bonchev–Trinajstić information content (AvgIpc) is 3.36. The summed E-state index contributed by atoms with van der Waals surface area (Å²) in [6.45, 7) is 1.42. The average molecular weight is 375 g/mol. The van der Waals surface area contributed by atoms with Gasteiger partial charge in [0.15, 0.2) is 11.5 Å². The van der Waals surface area contributed by atoms with Crippen LogP contribution in [-0.4, -0.2) is 72.0 Å². The van der Waals surface area contributed by atoms with E-state index in [1.807, 2.05) is 31.3 Å². The van der Waals surface area contributed by atoms with E-state index in [0.29, 0.717) is 30.1 Å². The number of aromatic amines is 1. The Kier molecular flexibility index (Phi) is 3.75. The van der Waals surface area contributed by atoms with Gasteiger partial charge < -0.3 is 9.80 Å². The number of aromatic nitrogens is 7. The van der Waals surface area contributed by atoms with Gasteiger partial charge in [0.2, 0.25) is 0 Å². The van der Waals surface area contributed by atoms with Crippen molar-refractivity contribution in [1.29, 1.82) is 0 Å². The van der Waals surface area contributed by atoms with Crippen molar-refractivity contribution < 1.29 is 4.79 Å². The Morgan fingerprint density at radius 2 is 2.11 bits per heavy atom. The molecule has 4 aromatic rings. The number of nitrogens with one attached hydrogen (secondary N) is 1. The number of hydrogen-bond acceptors (Lipinski definition) is 7. The first kappa shape index (κ1) is 16.4. The molecule has 1 saturated heterocycles. The van der Waals surface area contributed by atoms with Gasteiger partial charge in [0, 0.05) is 44.3 Å². The van der Waals surface area contributed by atoms with Gasteiger partial charge >= 0.3 is 0 Å². The molecule has 140 valence electrons. The summed E-state index contributed by atoms with van der Waals surface area (Å²) in [6, 6.07) is 7.72. The molecule has 0 radical (unpaired) electrons. The van der Waals surface area contributed by atoms with Gasteiger partial charge in [-0.25, -0.2) is 0 Å². The van der Waals surface area contributed by atoms with E-state index >= 15 is 0 Å². The second kappa shape index (κ2) is 6.41. The zero-order valence-electron chi connectivity index (χ0n) is 15.1. The minimum Gasteiger partial charge on any atom is -0.351 e. The fourth-order valence-corrected chi connectivity index (χ4v) is 3.25. The van der Waals surface area contributed by atoms with Crippen LogP contribution in [0.3, 0.4) is 0 Å². The summed E-state index contributed by atoms with van der Waals surface area (Å²) in [7, 11) is 1.81. The molecule has 1 aliphatic rings. The minimum absolute atomic E-state index is 0.0421. The quantitative estimate of drug-likeness (QED) is 0.564. The number of likely N-dealkylation sites (N-methyl/N-ethyl adjacent to an activating group) is 1. The molecule has 0 aromatic carbocycles. The molecule has 5 heterocycles. The summed E-state index contributed by atoms with van der Waals surface area (Å²) >= 11 is 0. The van der Waals surface area contributed by atoms with Gasteiger partial charge in [-0.2, -0.15) is 9.61 Å². The van der Waals surface area contributed by atoms with E-state index < -0.39 is 0 Å². The molecular formula is C18H17N9O. The van der Waals surface area contributed by atoms with Crippen LogP contribution >= 0.6 is 0 Å². The van der Waals surface area contributed by atoms with Crippen LogP contribution in [0.1, 0.15) is 10.4 Å². The fourth-order valence-electron chi connectivity index (χ4n) is 3.25. The zero-order chi connectivity index (χ0) is 19.1. The molecule has 0 aliphatic carbocycles. The van der Waals surface area contributed by atoms with Crippen molar-refractivity contribution in [3.63, 3.8) is 0 Å². The number of fused-ring (bicyclic) bond motifs is 1. The van der Waals surface area contributed by atoms with Crippen molar-refractivity contribution in [2.75, 3.05) is 25.0 Å². The number of anilines is 1. The standard InChI is InChI=1S/C18H17N9O/c1-25(18(28)13-8-20-21-9-13)14-10-26(11-14)16-5-4-15-22-23-17(27(15)24-16)12-3-2-6-19-7-12/h2-9,14H,10-11H2,1H3,(H,20,21). The molecule has 4 aromatic heterocycles. The van der Waals surface area contributed by atoms with Crippen molar-refractivity contribution in [3.8, 4) is 11.4 Å². The Hall–Kier alpha value is -3.82. The molecule has 0 saturated carbocycles. The predicted octanol–water partition coefficient (Wildman–Crippen LogP) is 0.870. The highest BCUT2D eigenvalue weighted by atomic mass is 16.2. The Bertz CT molecular complexity index is 1120. The first-order valence-corrected chi connectivity index (χ1v) is 8.84. The third kappa shape index (κ3) is 2.66. The lowest BCUT2D eigenvalue weighted by Crippen LogP contribution is -2.60. The molecule has 0 atom stereocenters. The SMILES string of the molecule is CN(C(=O)c1cn[nH]c1)C1CN(c2ccc3nnc(-c4cccnc4)n3n2)C1. The van der Waals surface area contributed by atoms with E-state index in [1.54, 1.807) is 28.0 Å². The molecule has 1 aliphatic heterocycles. The topological polar surface area (TPSA) is 108 Å². The molecule has 1 fully saturated rings. The van der Waals surface area contributed by atoms with Crippen molar-refractivity contribution >= 4 is 17.4 Å². The lowest BCUT2D eigenvalue weighted by Gasteiger charge is -2.44. The van der Waals surface area contributed by atoms with Gasteiger partial charge in [0.05, 0.1) is 17.8 Å². The monoisotopic (exact) mass is 375 g/mol. The largest absolute Gasteiger partial charge is 0.351 e. The smallest absolute Gasteiger partial charge is 0.257 e. The highest BCUT2D eigenvalue weighted by molar-refractivity contribution is 5.93. The van der Waals surface area contributed by atoms with Crippen molar-refractivity contribution in [2.45, 2.75) is 6.04 Å². The molecular weight excluding hydrogens is 358 g/mol. The Morgan fingerprint density at radius 3 is 2.86 bits per heavy atom. The third-order valence-corrected chi connectivity index (χ3v) is 4.97. The normalized spacial score (nSPS) is 14.2. The maximum absolute atomic E-state index is 12.4. The van der Waals surface area contributed by atoms with Gasteiger partial charge in [-0.15, -0.1) is 15.3 Å². The molecule has 1 N–H and O–H groups in total. The maximum Gasteiger partial charge on any atom is 0.257 e. The van der Waals surface area contributed by atoms with Crippen LogP contribution in [0.25, 0.3) is 17.0 Å². The number of amides is 1. The molecule has 28 heavy (non-hydrogen) atoms. The number of carbonyl (C=O) groups excluding carboxylic acids is 1. The summed E-state index contributed by atoms with van der Waals surface area (Å²) in [5.41, 5.74) is 2.09. The highest BCUT2D eigenvalue weighted by Crippen LogP contribution is 2.24. The van der Waals surface area contributed by atoms with Gasteiger partial charge in [-0.1, -0.05) is 0 Å². The number of pyridine rings is 1. The molecule has 10 nitrogen and oxygen atoms in total. The number of hydrogen-bond donors (Lipinski definition) is 1. The first-order chi connectivity index (χ1) is 13.7. The number of carbonyl (C=O) groups is 1. The van der Waals surface area contributed by atoms with Gasteiger partial charge in [-0.05, 0) is 24.3 Å². The van der Waals surface area contributed by atoms with Gasteiger partial charge in [0.25, 0.3) is 5.91 Å². The van der Waals surface area contributed by atoms with E-state index in [4.69, 9.17) is 5.10 Å². The number of rotatable bonds is 4. The Morgan fingerprint density at radius 1 is 1.21 bits per heavy atom. The van der Waals surface area contributed by atoms with Crippen LogP contribution in [0.2, 0.25) is 0 Å². The predicted molar refractivity (Wildman–Crippen MR) is 101 cm³/mol. The van der Waals surface area contributed by atoms with Crippen LogP contribution in [-0.2, 0) is 0 Å². The lowest BCUT2D eigenvalue weighted by atomic mass is 10.1. The van der Waals surface area contributed by atoms with Crippen LogP contribution in [0, 0.1) is 0 Å². The van der Waals surface area contributed by atoms with Gasteiger partial charge in [0.1, 0.15) is 5.82 Å². The van der Waals surface area contributed by atoms with Crippen LogP contribution in [0.15, 0.2) is 49.1 Å².